The molecule has 0 N–H and O–H groups in total. The first-order valence-corrected chi connectivity index (χ1v) is 11.6. The molecule has 0 spiro atoms. The average Bonchev–Trinajstić information content (AvgIpc) is 3.14. The molecule has 1 aromatic carbocycles. The number of benzene rings is 1. The molecule has 0 fully saturated rings. The number of aryl methyl sites for hydroxylation is 1. The van der Waals surface area contributed by atoms with Crippen molar-refractivity contribution in [3.8, 4) is 22.6 Å². The zero-order chi connectivity index (χ0) is 22.7. The molecule has 0 amide bonds. The lowest BCUT2D eigenvalue weighted by atomic mass is 10.0. The first-order chi connectivity index (χ1) is 15.5. The molecule has 166 valence electrons. The van der Waals surface area contributed by atoms with Crippen LogP contribution >= 0.6 is 22.9 Å². The molecule has 6 nitrogen and oxygen atoms in total. The molecule has 0 aliphatic carbocycles. The number of halogens is 1. The van der Waals surface area contributed by atoms with Crippen molar-refractivity contribution in [3.05, 3.63) is 58.4 Å². The summed E-state index contributed by atoms with van der Waals surface area (Å²) in [4.78, 5) is 17.6. The van der Waals surface area contributed by atoms with E-state index in [4.69, 9.17) is 21.1 Å². The number of ether oxygens (including phenoxy) is 2. The van der Waals surface area contributed by atoms with Crippen LogP contribution in [0.3, 0.4) is 0 Å². The maximum atomic E-state index is 6.35. The standard InChI is InChI=1S/C24H25ClN4O2S/c1-5-29(13-10-16-8-11-26-12-9-16)22-21-20(15(2)32-23(21)28-24(25)27-22)17-6-7-18(30-3)19(14-17)31-4/h6-9,11-12,14H,5,10,13H2,1-4H3. The SMILES string of the molecule is CCN(CCc1ccncc1)c1nc(Cl)nc2sc(C)c(-c3ccc(OC)c(OC)c3)c12. The molecule has 0 saturated heterocycles. The van der Waals surface area contributed by atoms with Gasteiger partial charge in [0.25, 0.3) is 0 Å². The molecule has 4 rings (SSSR count). The fourth-order valence-electron chi connectivity index (χ4n) is 3.86. The molecule has 0 atom stereocenters. The van der Waals surface area contributed by atoms with Gasteiger partial charge in [-0.25, -0.2) is 4.98 Å². The highest BCUT2D eigenvalue weighted by atomic mass is 35.5. The number of thiophene rings is 1. The molecular formula is C24H25ClN4O2S. The van der Waals surface area contributed by atoms with Crippen LogP contribution in [-0.4, -0.2) is 42.3 Å². The summed E-state index contributed by atoms with van der Waals surface area (Å²) in [6.45, 7) is 5.84. The second-order valence-corrected chi connectivity index (χ2v) is 8.83. The van der Waals surface area contributed by atoms with Gasteiger partial charge in [-0.1, -0.05) is 6.07 Å². The highest BCUT2D eigenvalue weighted by molar-refractivity contribution is 7.19. The molecule has 32 heavy (non-hydrogen) atoms. The highest BCUT2D eigenvalue weighted by Gasteiger charge is 2.22. The van der Waals surface area contributed by atoms with E-state index >= 15 is 0 Å². The minimum absolute atomic E-state index is 0.259. The summed E-state index contributed by atoms with van der Waals surface area (Å²) in [7, 11) is 3.28. The highest BCUT2D eigenvalue weighted by Crippen LogP contribution is 2.44. The van der Waals surface area contributed by atoms with Crippen LogP contribution in [0.15, 0.2) is 42.7 Å². The minimum Gasteiger partial charge on any atom is -0.493 e. The largest absolute Gasteiger partial charge is 0.493 e. The van der Waals surface area contributed by atoms with E-state index in [-0.39, 0.29) is 5.28 Å². The van der Waals surface area contributed by atoms with Gasteiger partial charge in [-0.3, -0.25) is 4.98 Å². The van der Waals surface area contributed by atoms with Crippen molar-refractivity contribution < 1.29 is 9.47 Å². The van der Waals surface area contributed by atoms with Crippen molar-refractivity contribution in [1.29, 1.82) is 0 Å². The number of nitrogens with zero attached hydrogens (tertiary/aromatic N) is 4. The minimum atomic E-state index is 0.259. The third-order valence-electron chi connectivity index (χ3n) is 5.45. The number of methoxy groups -OCH3 is 2. The van der Waals surface area contributed by atoms with Crippen molar-refractivity contribution >= 4 is 39.0 Å². The number of rotatable bonds is 8. The molecular weight excluding hydrogens is 444 g/mol. The van der Waals surface area contributed by atoms with Gasteiger partial charge in [-0.15, -0.1) is 11.3 Å². The first-order valence-electron chi connectivity index (χ1n) is 10.4. The summed E-state index contributed by atoms with van der Waals surface area (Å²) >= 11 is 7.98. The molecule has 4 aromatic rings. The maximum absolute atomic E-state index is 6.35. The van der Waals surface area contributed by atoms with Gasteiger partial charge in [-0.2, -0.15) is 4.98 Å². The Hall–Kier alpha value is -2.90. The van der Waals surface area contributed by atoms with Crippen LogP contribution < -0.4 is 14.4 Å². The van der Waals surface area contributed by atoms with Crippen molar-refractivity contribution in [2.75, 3.05) is 32.2 Å². The van der Waals surface area contributed by atoms with Crippen LogP contribution in [0.25, 0.3) is 21.3 Å². The molecule has 0 bridgehead atoms. The number of fused-ring (bicyclic) bond motifs is 1. The molecule has 0 unspecified atom stereocenters. The molecule has 0 saturated carbocycles. The Bertz CT molecular complexity index is 1230. The predicted octanol–water partition coefficient (Wildman–Crippen LogP) is 5.80. The van der Waals surface area contributed by atoms with Crippen molar-refractivity contribution in [1.82, 2.24) is 15.0 Å². The zero-order valence-electron chi connectivity index (χ0n) is 18.6. The second-order valence-electron chi connectivity index (χ2n) is 7.28. The summed E-state index contributed by atoms with van der Waals surface area (Å²) in [5.41, 5.74) is 3.36. The third-order valence-corrected chi connectivity index (χ3v) is 6.62. The number of likely N-dealkylation sites (N-methyl/N-ethyl adjacent to an activating group) is 1. The fraction of sp³-hybridized carbons (Fsp3) is 0.292. The summed E-state index contributed by atoms with van der Waals surface area (Å²) in [6, 6.07) is 10.1. The van der Waals surface area contributed by atoms with Gasteiger partial charge < -0.3 is 14.4 Å². The Morgan fingerprint density at radius 3 is 2.47 bits per heavy atom. The monoisotopic (exact) mass is 468 g/mol. The second kappa shape index (κ2) is 9.71. The molecule has 0 radical (unpaired) electrons. The molecule has 3 heterocycles. The first kappa shape index (κ1) is 22.3. The number of hydrogen-bond acceptors (Lipinski definition) is 7. The normalized spacial score (nSPS) is 11.0. The lowest BCUT2D eigenvalue weighted by molar-refractivity contribution is 0.355. The lowest BCUT2D eigenvalue weighted by Crippen LogP contribution is -2.26. The van der Waals surface area contributed by atoms with Crippen LogP contribution in [-0.2, 0) is 6.42 Å². The van der Waals surface area contributed by atoms with Gasteiger partial charge in [0.05, 0.1) is 19.6 Å². The van der Waals surface area contributed by atoms with Crippen molar-refractivity contribution in [3.63, 3.8) is 0 Å². The van der Waals surface area contributed by atoms with Crippen LogP contribution in [0.4, 0.5) is 5.82 Å². The zero-order valence-corrected chi connectivity index (χ0v) is 20.1. The Labute approximate surface area is 196 Å². The number of hydrogen-bond donors (Lipinski definition) is 0. The van der Waals surface area contributed by atoms with E-state index in [1.165, 1.54) is 5.56 Å². The van der Waals surface area contributed by atoms with E-state index < -0.39 is 0 Å². The van der Waals surface area contributed by atoms with E-state index in [2.05, 4.69) is 33.7 Å². The van der Waals surface area contributed by atoms with E-state index in [0.717, 1.165) is 51.5 Å². The van der Waals surface area contributed by atoms with E-state index in [1.54, 1.807) is 25.6 Å². The number of anilines is 1. The summed E-state index contributed by atoms with van der Waals surface area (Å²) < 4.78 is 11.0. The van der Waals surface area contributed by atoms with Crippen molar-refractivity contribution in [2.45, 2.75) is 20.3 Å². The van der Waals surface area contributed by atoms with Gasteiger partial charge in [0.15, 0.2) is 11.5 Å². The van der Waals surface area contributed by atoms with Gasteiger partial charge in [0, 0.05) is 35.9 Å². The predicted molar refractivity (Wildman–Crippen MR) is 132 cm³/mol. The van der Waals surface area contributed by atoms with Gasteiger partial charge in [0.1, 0.15) is 10.6 Å². The van der Waals surface area contributed by atoms with Crippen molar-refractivity contribution in [2.24, 2.45) is 0 Å². The Morgan fingerprint density at radius 2 is 1.78 bits per heavy atom. The maximum Gasteiger partial charge on any atom is 0.225 e. The van der Waals surface area contributed by atoms with Gasteiger partial charge in [-0.05, 0) is 67.3 Å². The van der Waals surface area contributed by atoms with Gasteiger partial charge >= 0.3 is 0 Å². The molecule has 0 aliphatic heterocycles. The Morgan fingerprint density at radius 1 is 1.03 bits per heavy atom. The number of pyridine rings is 1. The Kier molecular flexibility index (Phi) is 6.77. The summed E-state index contributed by atoms with van der Waals surface area (Å²) in [6.07, 6.45) is 4.53. The summed E-state index contributed by atoms with van der Waals surface area (Å²) in [5.74, 6) is 2.23. The number of aromatic nitrogens is 3. The van der Waals surface area contributed by atoms with Crippen LogP contribution in [0.5, 0.6) is 11.5 Å². The third kappa shape index (κ3) is 4.36. The van der Waals surface area contributed by atoms with E-state index in [9.17, 15) is 0 Å². The Balaban J connectivity index is 1.83. The fourth-order valence-corrected chi connectivity index (χ4v) is 5.12. The van der Waals surface area contributed by atoms with Crippen LogP contribution in [0, 0.1) is 6.92 Å². The molecule has 0 aliphatic rings. The lowest BCUT2D eigenvalue weighted by Gasteiger charge is -2.23. The van der Waals surface area contributed by atoms with Crippen LogP contribution in [0.1, 0.15) is 17.4 Å². The smallest absolute Gasteiger partial charge is 0.225 e. The van der Waals surface area contributed by atoms with E-state index in [1.807, 2.05) is 42.7 Å². The topological polar surface area (TPSA) is 60.4 Å². The van der Waals surface area contributed by atoms with E-state index in [0.29, 0.717) is 11.5 Å². The van der Waals surface area contributed by atoms with Crippen LogP contribution in [0.2, 0.25) is 5.28 Å². The molecule has 3 aromatic heterocycles. The quantitative estimate of drug-likeness (QED) is 0.304. The average molecular weight is 469 g/mol. The van der Waals surface area contributed by atoms with Gasteiger partial charge in [0.2, 0.25) is 5.28 Å². The summed E-state index contributed by atoms with van der Waals surface area (Å²) in [5, 5.41) is 1.27. The molecule has 8 heteroatoms.